The van der Waals surface area contributed by atoms with Crippen molar-refractivity contribution < 1.29 is 17.6 Å². The molecule has 2 rings (SSSR count). The first-order chi connectivity index (χ1) is 14.8. The van der Waals surface area contributed by atoms with Crippen LogP contribution < -0.4 is 5.32 Å². The normalized spacial score (nSPS) is 12.8. The lowest BCUT2D eigenvalue weighted by Crippen LogP contribution is -2.38. The highest BCUT2D eigenvalue weighted by atomic mass is 32.2. The molecule has 0 spiro atoms. The molecule has 1 atom stereocenters. The van der Waals surface area contributed by atoms with Crippen LogP contribution in [0.3, 0.4) is 0 Å². The summed E-state index contributed by atoms with van der Waals surface area (Å²) in [7, 11) is -2.24. The van der Waals surface area contributed by atoms with Gasteiger partial charge in [0.2, 0.25) is 15.9 Å². The van der Waals surface area contributed by atoms with Crippen molar-refractivity contribution in [2.75, 3.05) is 33.2 Å². The van der Waals surface area contributed by atoms with Crippen molar-refractivity contribution >= 4 is 15.9 Å². The van der Waals surface area contributed by atoms with Gasteiger partial charge in [0.25, 0.3) is 0 Å². The van der Waals surface area contributed by atoms with Crippen molar-refractivity contribution in [3.63, 3.8) is 0 Å². The molecule has 0 aliphatic heterocycles. The van der Waals surface area contributed by atoms with Gasteiger partial charge in [-0.15, -0.1) is 0 Å². The highest BCUT2D eigenvalue weighted by Crippen LogP contribution is 2.19. The summed E-state index contributed by atoms with van der Waals surface area (Å²) in [4.78, 5) is 14.7. The molecule has 0 aliphatic carbocycles. The second kappa shape index (κ2) is 11.9. The van der Waals surface area contributed by atoms with E-state index in [1.807, 2.05) is 18.2 Å². The van der Waals surface area contributed by atoms with E-state index in [0.29, 0.717) is 13.0 Å². The van der Waals surface area contributed by atoms with Crippen molar-refractivity contribution in [2.24, 2.45) is 0 Å². The van der Waals surface area contributed by atoms with E-state index in [9.17, 15) is 17.6 Å². The summed E-state index contributed by atoms with van der Waals surface area (Å²) in [5.74, 6) is -0.600. The number of hydrogen-bond donors (Lipinski definition) is 1. The zero-order valence-electron chi connectivity index (χ0n) is 18.4. The second-order valence-corrected chi connectivity index (χ2v) is 9.38. The summed E-state index contributed by atoms with van der Waals surface area (Å²) >= 11 is 0. The lowest BCUT2D eigenvalue weighted by molar-refractivity contribution is -0.121. The van der Waals surface area contributed by atoms with E-state index in [4.69, 9.17) is 0 Å². The van der Waals surface area contributed by atoms with E-state index in [1.165, 1.54) is 23.5 Å². The zero-order chi connectivity index (χ0) is 22.9. The van der Waals surface area contributed by atoms with Crippen molar-refractivity contribution in [3.8, 4) is 0 Å². The SMILES string of the molecule is CCN(CC)C(CNC(=O)CCCN(C)S(=O)(=O)c1ccc(F)cc1)c1ccccc1. The molecule has 2 aromatic rings. The number of halogens is 1. The first-order valence-corrected chi connectivity index (χ1v) is 12.0. The van der Waals surface area contributed by atoms with Gasteiger partial charge < -0.3 is 5.32 Å². The zero-order valence-corrected chi connectivity index (χ0v) is 19.2. The summed E-state index contributed by atoms with van der Waals surface area (Å²) in [6.07, 6.45) is 0.618. The smallest absolute Gasteiger partial charge is 0.242 e. The molecule has 31 heavy (non-hydrogen) atoms. The number of likely N-dealkylation sites (N-methyl/N-ethyl adjacent to an activating group) is 1. The topological polar surface area (TPSA) is 69.7 Å². The van der Waals surface area contributed by atoms with Crippen molar-refractivity contribution in [3.05, 3.63) is 66.0 Å². The van der Waals surface area contributed by atoms with Crippen molar-refractivity contribution in [2.45, 2.75) is 37.6 Å². The number of hydrogen-bond acceptors (Lipinski definition) is 4. The van der Waals surface area contributed by atoms with Crippen LogP contribution in [0.15, 0.2) is 59.5 Å². The number of amides is 1. The number of benzene rings is 2. The van der Waals surface area contributed by atoms with Gasteiger partial charge in [0, 0.05) is 26.6 Å². The molecule has 1 amide bonds. The van der Waals surface area contributed by atoms with Crippen molar-refractivity contribution in [1.82, 2.24) is 14.5 Å². The lowest BCUT2D eigenvalue weighted by Gasteiger charge is -2.30. The second-order valence-electron chi connectivity index (χ2n) is 7.34. The minimum atomic E-state index is -3.71. The number of nitrogens with zero attached hydrogens (tertiary/aromatic N) is 2. The fourth-order valence-electron chi connectivity index (χ4n) is 3.47. The molecule has 0 bridgehead atoms. The Balaban J connectivity index is 1.87. The first kappa shape index (κ1) is 25.0. The number of carbonyl (C=O) groups excluding carboxylic acids is 1. The number of nitrogens with one attached hydrogen (secondary N) is 1. The summed E-state index contributed by atoms with van der Waals surface area (Å²) < 4.78 is 39.3. The molecule has 0 aliphatic rings. The summed E-state index contributed by atoms with van der Waals surface area (Å²) in [5.41, 5.74) is 1.15. The predicted molar refractivity (Wildman–Crippen MR) is 121 cm³/mol. The van der Waals surface area contributed by atoms with Crippen LogP contribution in [0, 0.1) is 5.82 Å². The van der Waals surface area contributed by atoms with E-state index < -0.39 is 15.8 Å². The van der Waals surface area contributed by atoms with Gasteiger partial charge in [-0.25, -0.2) is 17.1 Å². The van der Waals surface area contributed by atoms with Crippen LogP contribution in [0.4, 0.5) is 4.39 Å². The fourth-order valence-corrected chi connectivity index (χ4v) is 4.67. The summed E-state index contributed by atoms with van der Waals surface area (Å²) in [6.45, 7) is 6.63. The van der Waals surface area contributed by atoms with Gasteiger partial charge in [-0.1, -0.05) is 44.2 Å². The molecule has 6 nitrogen and oxygen atoms in total. The molecule has 2 aromatic carbocycles. The average molecular weight is 450 g/mol. The monoisotopic (exact) mass is 449 g/mol. The molecule has 0 saturated carbocycles. The summed E-state index contributed by atoms with van der Waals surface area (Å²) in [6, 6.07) is 14.9. The third-order valence-corrected chi connectivity index (χ3v) is 7.20. The Labute approximate surface area is 185 Å². The van der Waals surface area contributed by atoms with Crippen LogP contribution >= 0.6 is 0 Å². The number of sulfonamides is 1. The highest BCUT2D eigenvalue weighted by molar-refractivity contribution is 7.89. The first-order valence-electron chi connectivity index (χ1n) is 10.6. The van der Waals surface area contributed by atoms with Crippen LogP contribution in [-0.4, -0.2) is 56.8 Å². The largest absolute Gasteiger partial charge is 0.354 e. The van der Waals surface area contributed by atoms with E-state index >= 15 is 0 Å². The van der Waals surface area contributed by atoms with E-state index in [0.717, 1.165) is 30.8 Å². The van der Waals surface area contributed by atoms with E-state index in [1.54, 1.807) is 0 Å². The minimum Gasteiger partial charge on any atom is -0.354 e. The van der Waals surface area contributed by atoms with Crippen LogP contribution in [0.5, 0.6) is 0 Å². The fraction of sp³-hybridized carbons (Fsp3) is 0.435. The molecule has 170 valence electrons. The standard InChI is InChI=1S/C23H32FN3O3S/c1-4-27(5-2)22(19-10-7-6-8-11-19)18-25-23(28)12-9-17-26(3)31(29,30)21-15-13-20(24)14-16-21/h6-8,10-11,13-16,22H,4-5,9,12,17-18H2,1-3H3,(H,25,28). The highest BCUT2D eigenvalue weighted by Gasteiger charge is 2.21. The molecular weight excluding hydrogens is 417 g/mol. The maximum atomic E-state index is 13.0. The van der Waals surface area contributed by atoms with Crippen LogP contribution in [0.25, 0.3) is 0 Å². The molecule has 1 N–H and O–H groups in total. The van der Waals surface area contributed by atoms with Gasteiger partial charge >= 0.3 is 0 Å². The molecule has 1 unspecified atom stereocenters. The lowest BCUT2D eigenvalue weighted by atomic mass is 10.0. The van der Waals surface area contributed by atoms with E-state index in [-0.39, 0.29) is 29.8 Å². The van der Waals surface area contributed by atoms with Gasteiger partial charge in [-0.2, -0.15) is 0 Å². The molecule has 0 radical (unpaired) electrons. The Morgan fingerprint density at radius 1 is 1.03 bits per heavy atom. The van der Waals surface area contributed by atoms with Crippen LogP contribution in [-0.2, 0) is 14.8 Å². The Hall–Kier alpha value is -2.29. The van der Waals surface area contributed by atoms with Crippen LogP contribution in [0.1, 0.15) is 38.3 Å². The van der Waals surface area contributed by atoms with Gasteiger partial charge in [-0.3, -0.25) is 9.69 Å². The van der Waals surface area contributed by atoms with E-state index in [2.05, 4.69) is 36.2 Å². The Morgan fingerprint density at radius 3 is 2.23 bits per heavy atom. The maximum absolute atomic E-state index is 13.0. The average Bonchev–Trinajstić information content (AvgIpc) is 2.77. The van der Waals surface area contributed by atoms with Crippen molar-refractivity contribution in [1.29, 1.82) is 0 Å². The molecular formula is C23H32FN3O3S. The quantitative estimate of drug-likeness (QED) is 0.539. The third kappa shape index (κ3) is 7.12. The Kier molecular flexibility index (Phi) is 9.61. The maximum Gasteiger partial charge on any atom is 0.242 e. The third-order valence-electron chi connectivity index (χ3n) is 5.33. The van der Waals surface area contributed by atoms with Gasteiger partial charge in [0.05, 0.1) is 10.9 Å². The van der Waals surface area contributed by atoms with Gasteiger partial charge in [-0.05, 0) is 49.3 Å². The molecule has 8 heteroatoms. The number of rotatable bonds is 12. The molecule has 0 saturated heterocycles. The number of carbonyl (C=O) groups is 1. The Bertz CT molecular complexity index is 917. The molecule has 0 aromatic heterocycles. The van der Waals surface area contributed by atoms with Gasteiger partial charge in [0.15, 0.2) is 0 Å². The minimum absolute atomic E-state index is 0.0331. The Morgan fingerprint density at radius 2 is 1.65 bits per heavy atom. The van der Waals surface area contributed by atoms with Crippen LogP contribution in [0.2, 0.25) is 0 Å². The summed E-state index contributed by atoms with van der Waals surface area (Å²) in [5, 5.41) is 2.99. The van der Waals surface area contributed by atoms with Gasteiger partial charge in [0.1, 0.15) is 5.82 Å². The molecule has 0 heterocycles. The molecule has 0 fully saturated rings. The predicted octanol–water partition coefficient (Wildman–Crippen LogP) is 3.43.